The molecule has 1 fully saturated rings. The predicted molar refractivity (Wildman–Crippen MR) is 64.5 cm³/mol. The van der Waals surface area contributed by atoms with Gasteiger partial charge in [-0.05, 0) is 44.4 Å². The molecule has 0 atom stereocenters. The maximum Gasteiger partial charge on any atom is -0.0260 e. The largest absolute Gasteiger partial charge is 0.0851 e. The maximum absolute atomic E-state index is 2.49. The summed E-state index contributed by atoms with van der Waals surface area (Å²) in [5.74, 6) is 0. The second-order valence-corrected chi connectivity index (χ2v) is 4.82. The summed E-state index contributed by atoms with van der Waals surface area (Å²) >= 11 is 0. The normalized spacial score (nSPS) is 24.9. The van der Waals surface area contributed by atoms with Crippen LogP contribution in [0.3, 0.4) is 0 Å². The van der Waals surface area contributed by atoms with Crippen LogP contribution in [-0.2, 0) is 0 Å². The van der Waals surface area contributed by atoms with Crippen LogP contribution >= 0.6 is 0 Å². The lowest BCUT2D eigenvalue weighted by atomic mass is 9.66. The highest BCUT2D eigenvalue weighted by atomic mass is 14.4. The Morgan fingerprint density at radius 1 is 1.00 bits per heavy atom. The molecule has 0 bridgehead atoms. The number of allylic oxidation sites excluding steroid dienone is 2. The van der Waals surface area contributed by atoms with E-state index in [2.05, 4.69) is 13.0 Å². The highest BCUT2D eigenvalue weighted by molar-refractivity contribution is 5.07. The molecule has 0 heterocycles. The average molecular weight is 194 g/mol. The summed E-state index contributed by atoms with van der Waals surface area (Å²) in [6.07, 6.45) is 14.2. The van der Waals surface area contributed by atoms with E-state index in [9.17, 15) is 0 Å². The van der Waals surface area contributed by atoms with E-state index in [-0.39, 0.29) is 0 Å². The Bertz CT molecular complexity index is 182. The lowest BCUT2D eigenvalue weighted by Crippen LogP contribution is -2.25. The van der Waals surface area contributed by atoms with Gasteiger partial charge in [0.2, 0.25) is 0 Å². The van der Waals surface area contributed by atoms with Gasteiger partial charge >= 0.3 is 0 Å². The van der Waals surface area contributed by atoms with Gasteiger partial charge < -0.3 is 0 Å². The van der Waals surface area contributed by atoms with Gasteiger partial charge in [-0.2, -0.15) is 0 Å². The van der Waals surface area contributed by atoms with Crippen molar-refractivity contribution in [3.05, 3.63) is 11.6 Å². The fourth-order valence-electron chi connectivity index (χ4n) is 2.81. The van der Waals surface area contributed by atoms with Gasteiger partial charge in [-0.15, -0.1) is 0 Å². The summed E-state index contributed by atoms with van der Waals surface area (Å²) < 4.78 is 0. The molecule has 0 aliphatic heterocycles. The molecule has 0 aromatic heterocycles. The molecule has 1 saturated carbocycles. The second-order valence-electron chi connectivity index (χ2n) is 4.82. The first-order chi connectivity index (χ1) is 6.81. The molecule has 0 aromatic carbocycles. The summed E-state index contributed by atoms with van der Waals surface area (Å²) in [5.41, 5.74) is 2.39. The first kappa shape index (κ1) is 11.8. The van der Waals surface area contributed by atoms with Gasteiger partial charge in [0, 0.05) is 0 Å². The third-order valence-electron chi connectivity index (χ3n) is 3.85. The molecule has 0 amide bonds. The van der Waals surface area contributed by atoms with Gasteiger partial charge in [-0.1, -0.05) is 44.8 Å². The lowest BCUT2D eigenvalue weighted by Gasteiger charge is -2.39. The van der Waals surface area contributed by atoms with E-state index in [1.54, 1.807) is 5.57 Å². The summed E-state index contributed by atoms with van der Waals surface area (Å²) in [6.45, 7) is 6.29. The first-order valence-corrected chi connectivity index (χ1v) is 6.46. The minimum absolute atomic E-state index is 0.762. The van der Waals surface area contributed by atoms with E-state index in [4.69, 9.17) is 0 Å². The Morgan fingerprint density at radius 3 is 2.14 bits per heavy atom. The predicted octanol–water partition coefficient (Wildman–Crippen LogP) is 5.09. The fraction of sp³-hybridized carbons (Fsp3) is 0.857. The van der Waals surface area contributed by atoms with Crippen molar-refractivity contribution in [1.82, 2.24) is 0 Å². The quantitative estimate of drug-likeness (QED) is 0.471. The van der Waals surface area contributed by atoms with Crippen molar-refractivity contribution in [2.24, 2.45) is 5.41 Å². The maximum atomic E-state index is 2.49. The molecule has 0 unspecified atom stereocenters. The van der Waals surface area contributed by atoms with Crippen molar-refractivity contribution in [1.29, 1.82) is 0 Å². The Labute approximate surface area is 89.8 Å². The molecular formula is C14H26. The van der Waals surface area contributed by atoms with E-state index >= 15 is 0 Å². The van der Waals surface area contributed by atoms with Crippen molar-refractivity contribution < 1.29 is 0 Å². The monoisotopic (exact) mass is 194 g/mol. The summed E-state index contributed by atoms with van der Waals surface area (Å²) in [4.78, 5) is 0. The number of hydrogen-bond acceptors (Lipinski definition) is 0. The van der Waals surface area contributed by atoms with Crippen LogP contribution in [0.1, 0.15) is 72.1 Å². The minimum Gasteiger partial charge on any atom is -0.0851 e. The standard InChI is InChI=1S/C12H20.C2H6/c1-11-5-9-12(10-6-11)7-3-2-4-8-12;1-2/h5H,2-4,6-10H2,1H3;1-2H3. The third-order valence-corrected chi connectivity index (χ3v) is 3.85. The van der Waals surface area contributed by atoms with E-state index in [1.807, 2.05) is 13.8 Å². The van der Waals surface area contributed by atoms with Gasteiger partial charge in [0.1, 0.15) is 0 Å². The first-order valence-electron chi connectivity index (χ1n) is 6.46. The molecule has 2 aliphatic carbocycles. The van der Waals surface area contributed by atoms with Gasteiger partial charge in [0.05, 0.1) is 0 Å². The zero-order valence-corrected chi connectivity index (χ0v) is 10.2. The average Bonchev–Trinajstić information content (AvgIpc) is 2.27. The van der Waals surface area contributed by atoms with Crippen LogP contribution in [0.5, 0.6) is 0 Å². The van der Waals surface area contributed by atoms with Crippen molar-refractivity contribution in [2.75, 3.05) is 0 Å². The SMILES string of the molecule is CC.CC1=CCC2(CCCCC2)CC1. The van der Waals surface area contributed by atoms with Gasteiger partial charge in [-0.3, -0.25) is 0 Å². The van der Waals surface area contributed by atoms with Crippen LogP contribution in [0.2, 0.25) is 0 Å². The smallest absolute Gasteiger partial charge is 0.0260 e. The Kier molecular flexibility index (Phi) is 4.71. The topological polar surface area (TPSA) is 0 Å². The molecule has 1 spiro atoms. The molecule has 0 heteroatoms. The van der Waals surface area contributed by atoms with Crippen molar-refractivity contribution in [3.8, 4) is 0 Å². The molecule has 14 heavy (non-hydrogen) atoms. The minimum atomic E-state index is 0.762. The van der Waals surface area contributed by atoms with Gasteiger partial charge in [-0.25, -0.2) is 0 Å². The van der Waals surface area contributed by atoms with Crippen LogP contribution in [-0.4, -0.2) is 0 Å². The molecule has 0 N–H and O–H groups in total. The fourth-order valence-corrected chi connectivity index (χ4v) is 2.81. The molecular weight excluding hydrogens is 168 g/mol. The van der Waals surface area contributed by atoms with Crippen molar-refractivity contribution in [3.63, 3.8) is 0 Å². The number of hydrogen-bond donors (Lipinski definition) is 0. The Morgan fingerprint density at radius 2 is 1.64 bits per heavy atom. The third kappa shape index (κ3) is 2.87. The van der Waals surface area contributed by atoms with E-state index in [0.717, 1.165) is 5.41 Å². The molecule has 0 saturated heterocycles. The lowest BCUT2D eigenvalue weighted by molar-refractivity contribution is 0.168. The summed E-state index contributed by atoms with van der Waals surface area (Å²) in [5, 5.41) is 0. The zero-order valence-electron chi connectivity index (χ0n) is 10.2. The van der Waals surface area contributed by atoms with Gasteiger partial charge in [0.25, 0.3) is 0 Å². The van der Waals surface area contributed by atoms with E-state index < -0.39 is 0 Å². The molecule has 2 aliphatic rings. The van der Waals surface area contributed by atoms with Crippen LogP contribution in [0.25, 0.3) is 0 Å². The highest BCUT2D eigenvalue weighted by Crippen LogP contribution is 2.46. The van der Waals surface area contributed by atoms with Crippen LogP contribution < -0.4 is 0 Å². The highest BCUT2D eigenvalue weighted by Gasteiger charge is 2.32. The second kappa shape index (κ2) is 5.58. The van der Waals surface area contributed by atoms with Crippen LogP contribution in [0, 0.1) is 5.41 Å². The Balaban J connectivity index is 0.000000461. The molecule has 0 aromatic rings. The van der Waals surface area contributed by atoms with Gasteiger partial charge in [0.15, 0.2) is 0 Å². The summed E-state index contributed by atoms with van der Waals surface area (Å²) in [6, 6.07) is 0. The summed E-state index contributed by atoms with van der Waals surface area (Å²) in [7, 11) is 0. The Hall–Kier alpha value is -0.260. The van der Waals surface area contributed by atoms with Crippen molar-refractivity contribution in [2.45, 2.75) is 72.1 Å². The molecule has 0 nitrogen and oxygen atoms in total. The molecule has 0 radical (unpaired) electrons. The molecule has 2 rings (SSSR count). The van der Waals surface area contributed by atoms with E-state index in [0.29, 0.717) is 0 Å². The number of rotatable bonds is 0. The van der Waals surface area contributed by atoms with Crippen LogP contribution in [0.15, 0.2) is 11.6 Å². The van der Waals surface area contributed by atoms with E-state index in [1.165, 1.54) is 51.4 Å². The zero-order chi connectivity index (χ0) is 10.4. The van der Waals surface area contributed by atoms with Crippen LogP contribution in [0.4, 0.5) is 0 Å². The molecule has 82 valence electrons. The van der Waals surface area contributed by atoms with Crippen molar-refractivity contribution >= 4 is 0 Å².